The van der Waals surface area contributed by atoms with Crippen molar-refractivity contribution in [2.24, 2.45) is 0 Å². The maximum Gasteiger partial charge on any atom is 0.0979 e. The van der Waals surface area contributed by atoms with E-state index in [0.29, 0.717) is 0 Å². The van der Waals surface area contributed by atoms with Gasteiger partial charge in [-0.05, 0) is 82.8 Å². The van der Waals surface area contributed by atoms with Crippen molar-refractivity contribution >= 4 is 75.7 Å². The highest BCUT2D eigenvalue weighted by Gasteiger charge is 2.19. The highest BCUT2D eigenvalue weighted by atomic mass is 14.8. The molecule has 0 fully saturated rings. The number of hydrogen-bond donors (Lipinski definition) is 0. The standard InChI is InChI=1S/C44H26N2/c1-2-14-30-28(12-1)29-13-4-6-18-34(29)39-26-27(24-25-35(30)39)43-44(46-41-23-10-9-22-40(41)45-43)38-21-11-20-37-33-16-5-3-15-31(33)32-17-7-8-19-36(32)42(37)38/h1-26H. The Morgan fingerprint density at radius 2 is 0.674 bits per heavy atom. The molecule has 0 saturated heterocycles. The lowest BCUT2D eigenvalue weighted by Gasteiger charge is -2.17. The van der Waals surface area contributed by atoms with E-state index in [0.717, 1.165) is 33.5 Å². The van der Waals surface area contributed by atoms with Crippen LogP contribution in [0.3, 0.4) is 0 Å². The van der Waals surface area contributed by atoms with Crippen LogP contribution in [-0.2, 0) is 0 Å². The van der Waals surface area contributed by atoms with E-state index in [1.165, 1.54) is 64.6 Å². The van der Waals surface area contributed by atoms with Crippen molar-refractivity contribution in [1.82, 2.24) is 9.97 Å². The van der Waals surface area contributed by atoms with Crippen LogP contribution in [0.15, 0.2) is 158 Å². The summed E-state index contributed by atoms with van der Waals surface area (Å²) in [6.07, 6.45) is 0. The van der Waals surface area contributed by atoms with Gasteiger partial charge in [0, 0.05) is 11.1 Å². The van der Waals surface area contributed by atoms with Gasteiger partial charge in [0.05, 0.1) is 22.4 Å². The quantitative estimate of drug-likeness (QED) is 0.190. The van der Waals surface area contributed by atoms with Gasteiger partial charge in [0.25, 0.3) is 0 Å². The third-order valence-electron chi connectivity index (χ3n) is 9.61. The summed E-state index contributed by atoms with van der Waals surface area (Å²) in [6.45, 7) is 0. The van der Waals surface area contributed by atoms with Crippen molar-refractivity contribution in [1.29, 1.82) is 0 Å². The molecule has 0 saturated carbocycles. The molecule has 0 N–H and O–H groups in total. The number of nitrogens with zero attached hydrogens (tertiary/aromatic N) is 2. The lowest BCUT2D eigenvalue weighted by Crippen LogP contribution is -1.97. The number of aromatic nitrogens is 2. The fourth-order valence-electron chi connectivity index (χ4n) is 7.60. The molecular weight excluding hydrogens is 556 g/mol. The van der Waals surface area contributed by atoms with Crippen LogP contribution in [0.1, 0.15) is 0 Å². The summed E-state index contributed by atoms with van der Waals surface area (Å²) in [5.41, 5.74) is 5.72. The molecule has 0 aliphatic rings. The van der Waals surface area contributed by atoms with Gasteiger partial charge in [0.15, 0.2) is 0 Å². The van der Waals surface area contributed by atoms with Crippen LogP contribution in [0.4, 0.5) is 0 Å². The van der Waals surface area contributed by atoms with Crippen LogP contribution >= 0.6 is 0 Å². The van der Waals surface area contributed by atoms with Gasteiger partial charge in [0.2, 0.25) is 0 Å². The Labute approximate surface area is 265 Å². The predicted molar refractivity (Wildman–Crippen MR) is 195 cm³/mol. The molecule has 0 spiro atoms. The van der Waals surface area contributed by atoms with Gasteiger partial charge >= 0.3 is 0 Å². The van der Waals surface area contributed by atoms with Crippen LogP contribution in [-0.4, -0.2) is 9.97 Å². The zero-order chi connectivity index (χ0) is 30.2. The highest BCUT2D eigenvalue weighted by Crippen LogP contribution is 2.43. The average Bonchev–Trinajstić information content (AvgIpc) is 3.14. The molecule has 212 valence electrons. The molecule has 0 aliphatic heterocycles. The third-order valence-corrected chi connectivity index (χ3v) is 9.61. The van der Waals surface area contributed by atoms with Gasteiger partial charge in [-0.2, -0.15) is 0 Å². The van der Waals surface area contributed by atoms with Crippen molar-refractivity contribution in [3.63, 3.8) is 0 Å². The molecular formula is C44H26N2. The Bertz CT molecular complexity index is 2790. The number of fused-ring (bicyclic) bond motifs is 13. The molecule has 0 radical (unpaired) electrons. The van der Waals surface area contributed by atoms with Gasteiger partial charge in [-0.3, -0.25) is 0 Å². The monoisotopic (exact) mass is 582 g/mol. The van der Waals surface area contributed by atoms with Gasteiger partial charge in [0.1, 0.15) is 0 Å². The van der Waals surface area contributed by atoms with Crippen LogP contribution in [0.5, 0.6) is 0 Å². The van der Waals surface area contributed by atoms with Crippen LogP contribution in [0.25, 0.3) is 98.2 Å². The zero-order valence-corrected chi connectivity index (χ0v) is 24.9. The van der Waals surface area contributed by atoms with E-state index in [-0.39, 0.29) is 0 Å². The van der Waals surface area contributed by atoms with E-state index in [1.54, 1.807) is 0 Å². The summed E-state index contributed by atoms with van der Waals surface area (Å²) in [4.78, 5) is 10.7. The molecule has 10 rings (SSSR count). The molecule has 0 atom stereocenters. The Hall–Kier alpha value is -6.12. The molecule has 0 bridgehead atoms. The smallest absolute Gasteiger partial charge is 0.0979 e. The highest BCUT2D eigenvalue weighted by molar-refractivity contribution is 6.29. The Kier molecular flexibility index (Phi) is 5.31. The minimum absolute atomic E-state index is 0.889. The normalized spacial score (nSPS) is 11.9. The lowest BCUT2D eigenvalue weighted by atomic mass is 9.89. The number of rotatable bonds is 2. The first kappa shape index (κ1) is 25.2. The van der Waals surface area contributed by atoms with Crippen LogP contribution in [0, 0.1) is 0 Å². The molecule has 0 amide bonds. The number of para-hydroxylation sites is 2. The van der Waals surface area contributed by atoms with E-state index in [1.807, 2.05) is 12.1 Å². The van der Waals surface area contributed by atoms with Crippen molar-refractivity contribution in [3.05, 3.63) is 158 Å². The SMILES string of the molecule is c1ccc2nc(-c3cccc4c5ccccc5c5ccccc5c34)c(-c3ccc4c5ccccc5c5ccccc5c4c3)nc2c1. The van der Waals surface area contributed by atoms with E-state index >= 15 is 0 Å². The van der Waals surface area contributed by atoms with Crippen molar-refractivity contribution in [3.8, 4) is 22.5 Å². The number of benzene rings is 9. The summed E-state index contributed by atoms with van der Waals surface area (Å²) >= 11 is 0. The fourth-order valence-corrected chi connectivity index (χ4v) is 7.60. The summed E-state index contributed by atoms with van der Waals surface area (Å²) in [6, 6.07) is 56.6. The van der Waals surface area contributed by atoms with E-state index in [4.69, 9.17) is 9.97 Å². The van der Waals surface area contributed by atoms with Gasteiger partial charge in [-0.1, -0.05) is 140 Å². The zero-order valence-electron chi connectivity index (χ0n) is 24.9. The summed E-state index contributed by atoms with van der Waals surface area (Å²) < 4.78 is 0. The summed E-state index contributed by atoms with van der Waals surface area (Å²) in [5.74, 6) is 0. The van der Waals surface area contributed by atoms with Gasteiger partial charge in [-0.25, -0.2) is 9.97 Å². The molecule has 1 heterocycles. The molecule has 0 unspecified atom stereocenters. The molecule has 10 aromatic rings. The topological polar surface area (TPSA) is 25.8 Å². The molecule has 46 heavy (non-hydrogen) atoms. The van der Waals surface area contributed by atoms with E-state index in [9.17, 15) is 0 Å². The minimum atomic E-state index is 0.889. The molecule has 2 nitrogen and oxygen atoms in total. The van der Waals surface area contributed by atoms with Crippen LogP contribution in [0.2, 0.25) is 0 Å². The second-order valence-corrected chi connectivity index (χ2v) is 12.1. The molecule has 9 aromatic carbocycles. The predicted octanol–water partition coefficient (Wildman–Crippen LogP) is 11.9. The minimum Gasteiger partial charge on any atom is -0.244 e. The van der Waals surface area contributed by atoms with Gasteiger partial charge in [-0.15, -0.1) is 0 Å². The fraction of sp³-hybridized carbons (Fsp3) is 0. The first-order valence-corrected chi connectivity index (χ1v) is 15.8. The molecule has 2 heteroatoms. The Morgan fingerprint density at radius 3 is 1.22 bits per heavy atom. The summed E-state index contributed by atoms with van der Waals surface area (Å²) in [5, 5.41) is 14.9. The Balaban J connectivity index is 1.34. The Morgan fingerprint density at radius 1 is 0.283 bits per heavy atom. The third kappa shape index (κ3) is 3.59. The maximum absolute atomic E-state index is 5.39. The first-order valence-electron chi connectivity index (χ1n) is 15.8. The number of hydrogen-bond acceptors (Lipinski definition) is 2. The first-order chi connectivity index (χ1) is 22.8. The van der Waals surface area contributed by atoms with E-state index in [2.05, 4.69) is 146 Å². The van der Waals surface area contributed by atoms with Crippen molar-refractivity contribution < 1.29 is 0 Å². The molecule has 1 aromatic heterocycles. The second-order valence-electron chi connectivity index (χ2n) is 12.1. The van der Waals surface area contributed by atoms with Crippen LogP contribution < -0.4 is 0 Å². The largest absolute Gasteiger partial charge is 0.244 e. The van der Waals surface area contributed by atoms with Crippen molar-refractivity contribution in [2.45, 2.75) is 0 Å². The molecule has 0 aliphatic carbocycles. The maximum atomic E-state index is 5.39. The lowest BCUT2D eigenvalue weighted by molar-refractivity contribution is 1.30. The summed E-state index contributed by atoms with van der Waals surface area (Å²) in [7, 11) is 0. The second kappa shape index (κ2) is 9.69. The van der Waals surface area contributed by atoms with E-state index < -0.39 is 0 Å². The average molecular weight is 583 g/mol. The van der Waals surface area contributed by atoms with Gasteiger partial charge < -0.3 is 0 Å². The van der Waals surface area contributed by atoms with Crippen molar-refractivity contribution in [2.75, 3.05) is 0 Å².